The number of benzene rings is 1. The molecule has 106 valence electrons. The van der Waals surface area contributed by atoms with E-state index in [1.165, 1.54) is 11.1 Å². The molecule has 2 rings (SSSR count). The van der Waals surface area contributed by atoms with E-state index in [4.69, 9.17) is 0 Å². The fourth-order valence-corrected chi connectivity index (χ4v) is 2.47. The molecule has 2 atom stereocenters. The van der Waals surface area contributed by atoms with Gasteiger partial charge in [0, 0.05) is 25.0 Å². The topological polar surface area (TPSA) is 28.2 Å². The van der Waals surface area contributed by atoms with E-state index >= 15 is 0 Å². The highest BCUT2D eigenvalue weighted by Crippen LogP contribution is 2.21. The number of pyridine rings is 1. The van der Waals surface area contributed by atoms with Crippen molar-refractivity contribution in [3.8, 4) is 0 Å². The van der Waals surface area contributed by atoms with E-state index in [1.54, 1.807) is 0 Å². The van der Waals surface area contributed by atoms with Gasteiger partial charge in [0.25, 0.3) is 0 Å². The maximum absolute atomic E-state index is 4.11. The van der Waals surface area contributed by atoms with Gasteiger partial charge in [0.05, 0.1) is 6.04 Å². The van der Waals surface area contributed by atoms with Crippen LogP contribution in [0.4, 0.5) is 0 Å². The van der Waals surface area contributed by atoms with Gasteiger partial charge in [-0.3, -0.25) is 4.98 Å². The normalized spacial score (nSPS) is 14.2. The third kappa shape index (κ3) is 4.15. The van der Waals surface area contributed by atoms with Gasteiger partial charge in [0.1, 0.15) is 0 Å². The van der Waals surface area contributed by atoms with E-state index in [0.29, 0.717) is 6.04 Å². The predicted octanol–water partition coefficient (Wildman–Crippen LogP) is 2.71. The van der Waals surface area contributed by atoms with Crippen molar-refractivity contribution in [2.45, 2.75) is 19.0 Å². The second kappa shape index (κ2) is 7.17. The molecule has 2 aromatic rings. The SMILES string of the molecule is CC(CN(C)C)NC(c1ccccc1)c1ccncc1. The summed E-state index contributed by atoms with van der Waals surface area (Å²) >= 11 is 0. The summed E-state index contributed by atoms with van der Waals surface area (Å²) in [5, 5.41) is 3.71. The van der Waals surface area contributed by atoms with E-state index in [9.17, 15) is 0 Å². The van der Waals surface area contributed by atoms with Crippen LogP contribution in [0.25, 0.3) is 0 Å². The minimum absolute atomic E-state index is 0.203. The van der Waals surface area contributed by atoms with Crippen LogP contribution >= 0.6 is 0 Å². The molecule has 0 saturated carbocycles. The molecule has 0 bridgehead atoms. The molecule has 1 N–H and O–H groups in total. The first kappa shape index (κ1) is 14.7. The standard InChI is InChI=1S/C17H23N3/c1-14(13-20(2)3)19-17(15-7-5-4-6-8-15)16-9-11-18-12-10-16/h4-12,14,17,19H,13H2,1-3H3. The molecule has 0 spiro atoms. The first-order chi connectivity index (χ1) is 9.66. The Labute approximate surface area is 121 Å². The van der Waals surface area contributed by atoms with E-state index in [2.05, 4.69) is 78.7 Å². The number of likely N-dealkylation sites (N-methyl/N-ethyl adjacent to an activating group) is 1. The van der Waals surface area contributed by atoms with Gasteiger partial charge < -0.3 is 10.2 Å². The van der Waals surface area contributed by atoms with Crippen molar-refractivity contribution in [1.29, 1.82) is 0 Å². The molecular formula is C17H23N3. The zero-order chi connectivity index (χ0) is 14.4. The molecule has 2 unspecified atom stereocenters. The molecule has 0 saturated heterocycles. The van der Waals surface area contributed by atoms with Crippen LogP contribution in [0.5, 0.6) is 0 Å². The first-order valence-corrected chi connectivity index (χ1v) is 7.02. The lowest BCUT2D eigenvalue weighted by atomic mass is 9.99. The summed E-state index contributed by atoms with van der Waals surface area (Å²) in [6.45, 7) is 3.23. The largest absolute Gasteiger partial charge is 0.308 e. The fraction of sp³-hybridized carbons (Fsp3) is 0.353. The summed E-state index contributed by atoms with van der Waals surface area (Å²) in [5.41, 5.74) is 2.53. The Morgan fingerprint density at radius 3 is 2.20 bits per heavy atom. The van der Waals surface area contributed by atoms with E-state index in [1.807, 2.05) is 12.4 Å². The average molecular weight is 269 g/mol. The van der Waals surface area contributed by atoms with Crippen LogP contribution in [0.1, 0.15) is 24.1 Å². The molecule has 0 aliphatic rings. The highest BCUT2D eigenvalue weighted by atomic mass is 15.1. The molecule has 0 fully saturated rings. The summed E-state index contributed by atoms with van der Waals surface area (Å²) in [7, 11) is 4.20. The Kier molecular flexibility index (Phi) is 5.27. The van der Waals surface area contributed by atoms with Gasteiger partial charge in [-0.2, -0.15) is 0 Å². The summed E-state index contributed by atoms with van der Waals surface area (Å²) in [6, 6.07) is 15.3. The maximum atomic E-state index is 4.11. The molecule has 3 nitrogen and oxygen atoms in total. The van der Waals surface area contributed by atoms with Gasteiger partial charge in [0.15, 0.2) is 0 Å². The van der Waals surface area contributed by atoms with Crippen molar-refractivity contribution in [2.75, 3.05) is 20.6 Å². The smallest absolute Gasteiger partial charge is 0.0580 e. The Hall–Kier alpha value is -1.71. The molecule has 0 aliphatic heterocycles. The van der Waals surface area contributed by atoms with Crippen molar-refractivity contribution in [3.63, 3.8) is 0 Å². The van der Waals surface area contributed by atoms with E-state index in [0.717, 1.165) is 6.54 Å². The Bertz CT molecular complexity index is 457. The molecule has 0 aliphatic carbocycles. The summed E-state index contributed by atoms with van der Waals surface area (Å²) < 4.78 is 0. The molecular weight excluding hydrogens is 246 g/mol. The van der Waals surface area contributed by atoms with Crippen molar-refractivity contribution >= 4 is 0 Å². The summed E-state index contributed by atoms with van der Waals surface area (Å²) in [4.78, 5) is 6.31. The molecule has 1 aromatic carbocycles. The average Bonchev–Trinajstić information content (AvgIpc) is 2.46. The molecule has 1 aromatic heterocycles. The minimum Gasteiger partial charge on any atom is -0.308 e. The molecule has 0 amide bonds. The second-order valence-electron chi connectivity index (χ2n) is 5.45. The summed E-state index contributed by atoms with van der Waals surface area (Å²) in [5.74, 6) is 0. The Morgan fingerprint density at radius 1 is 1.00 bits per heavy atom. The van der Waals surface area contributed by atoms with Crippen LogP contribution in [-0.2, 0) is 0 Å². The molecule has 20 heavy (non-hydrogen) atoms. The first-order valence-electron chi connectivity index (χ1n) is 7.02. The lowest BCUT2D eigenvalue weighted by Gasteiger charge is -2.26. The minimum atomic E-state index is 0.203. The molecule has 1 heterocycles. The number of rotatable bonds is 6. The number of nitrogens with one attached hydrogen (secondary N) is 1. The van der Waals surface area contributed by atoms with Crippen molar-refractivity contribution in [3.05, 3.63) is 66.0 Å². The maximum Gasteiger partial charge on any atom is 0.0580 e. The van der Waals surface area contributed by atoms with Gasteiger partial charge in [-0.15, -0.1) is 0 Å². The van der Waals surface area contributed by atoms with Gasteiger partial charge in [-0.05, 0) is 44.3 Å². The van der Waals surface area contributed by atoms with Gasteiger partial charge >= 0.3 is 0 Å². The molecule has 3 heteroatoms. The third-order valence-corrected chi connectivity index (χ3v) is 3.26. The quantitative estimate of drug-likeness (QED) is 0.874. The third-order valence-electron chi connectivity index (χ3n) is 3.26. The van der Waals surface area contributed by atoms with Crippen LogP contribution in [0, 0.1) is 0 Å². The van der Waals surface area contributed by atoms with Crippen molar-refractivity contribution in [2.24, 2.45) is 0 Å². The zero-order valence-electron chi connectivity index (χ0n) is 12.5. The van der Waals surface area contributed by atoms with Gasteiger partial charge in [-0.25, -0.2) is 0 Å². The molecule has 0 radical (unpaired) electrons. The highest BCUT2D eigenvalue weighted by Gasteiger charge is 2.16. The Morgan fingerprint density at radius 2 is 1.60 bits per heavy atom. The van der Waals surface area contributed by atoms with Gasteiger partial charge in [-0.1, -0.05) is 30.3 Å². The fourth-order valence-electron chi connectivity index (χ4n) is 2.47. The lowest BCUT2D eigenvalue weighted by molar-refractivity contribution is 0.339. The number of hydrogen-bond donors (Lipinski definition) is 1. The van der Waals surface area contributed by atoms with E-state index < -0.39 is 0 Å². The highest BCUT2D eigenvalue weighted by molar-refractivity contribution is 5.30. The number of aromatic nitrogens is 1. The van der Waals surface area contributed by atoms with Crippen LogP contribution in [0.3, 0.4) is 0 Å². The van der Waals surface area contributed by atoms with Crippen molar-refractivity contribution < 1.29 is 0 Å². The van der Waals surface area contributed by atoms with Crippen LogP contribution < -0.4 is 5.32 Å². The summed E-state index contributed by atoms with van der Waals surface area (Å²) in [6.07, 6.45) is 3.70. The van der Waals surface area contributed by atoms with Crippen molar-refractivity contribution in [1.82, 2.24) is 15.2 Å². The monoisotopic (exact) mass is 269 g/mol. The van der Waals surface area contributed by atoms with Crippen LogP contribution in [0.15, 0.2) is 54.9 Å². The van der Waals surface area contributed by atoms with Crippen LogP contribution in [-0.4, -0.2) is 36.6 Å². The number of nitrogens with zero attached hydrogens (tertiary/aromatic N) is 2. The second-order valence-corrected chi connectivity index (χ2v) is 5.45. The Balaban J connectivity index is 2.21. The van der Waals surface area contributed by atoms with Gasteiger partial charge in [0.2, 0.25) is 0 Å². The predicted molar refractivity (Wildman–Crippen MR) is 83.7 cm³/mol. The van der Waals surface area contributed by atoms with E-state index in [-0.39, 0.29) is 6.04 Å². The number of hydrogen-bond acceptors (Lipinski definition) is 3. The zero-order valence-corrected chi connectivity index (χ0v) is 12.5. The lowest BCUT2D eigenvalue weighted by Crippen LogP contribution is -2.38. The van der Waals surface area contributed by atoms with Crippen LogP contribution in [0.2, 0.25) is 0 Å².